The normalized spacial score (nSPS) is 21.8. The standard InChI is InChI=1S/C16H22BrNO2/c1-2-12-13(8-11-4-3-5-18-10-11)14(17)9-15-16(12)20-7-6-19-15/h9,11,18H,2-8,10H2,1H3. The third-order valence-corrected chi connectivity index (χ3v) is 4.95. The lowest BCUT2D eigenvalue weighted by Crippen LogP contribution is -2.31. The van der Waals surface area contributed by atoms with E-state index in [1.807, 2.05) is 0 Å². The van der Waals surface area contributed by atoms with E-state index in [1.54, 1.807) is 0 Å². The second-order valence-corrected chi connectivity index (χ2v) is 6.46. The van der Waals surface area contributed by atoms with Gasteiger partial charge in [-0.3, -0.25) is 0 Å². The molecule has 0 bridgehead atoms. The van der Waals surface area contributed by atoms with Crippen molar-refractivity contribution in [1.29, 1.82) is 0 Å². The summed E-state index contributed by atoms with van der Waals surface area (Å²) in [6, 6.07) is 2.08. The topological polar surface area (TPSA) is 30.5 Å². The molecule has 3 rings (SSSR count). The van der Waals surface area contributed by atoms with Crippen LogP contribution in [0.15, 0.2) is 10.5 Å². The zero-order valence-corrected chi connectivity index (χ0v) is 13.6. The first-order valence-electron chi connectivity index (χ1n) is 7.60. The van der Waals surface area contributed by atoms with E-state index in [0.717, 1.165) is 36.8 Å². The van der Waals surface area contributed by atoms with Crippen molar-refractivity contribution < 1.29 is 9.47 Å². The molecule has 0 aromatic heterocycles. The van der Waals surface area contributed by atoms with Gasteiger partial charge in [-0.25, -0.2) is 0 Å². The van der Waals surface area contributed by atoms with E-state index in [0.29, 0.717) is 13.2 Å². The molecule has 20 heavy (non-hydrogen) atoms. The van der Waals surface area contributed by atoms with Crippen LogP contribution < -0.4 is 14.8 Å². The molecule has 1 saturated heterocycles. The van der Waals surface area contributed by atoms with Crippen LogP contribution in [0.3, 0.4) is 0 Å². The molecule has 2 heterocycles. The Bertz CT molecular complexity index is 484. The molecule has 1 aromatic rings. The highest BCUT2D eigenvalue weighted by atomic mass is 79.9. The minimum Gasteiger partial charge on any atom is -0.486 e. The Morgan fingerprint density at radius 2 is 2.15 bits per heavy atom. The zero-order chi connectivity index (χ0) is 13.9. The minimum absolute atomic E-state index is 0.647. The zero-order valence-electron chi connectivity index (χ0n) is 12.0. The molecule has 0 aliphatic carbocycles. The summed E-state index contributed by atoms with van der Waals surface area (Å²) >= 11 is 3.74. The molecule has 0 radical (unpaired) electrons. The molecule has 1 fully saturated rings. The van der Waals surface area contributed by atoms with Gasteiger partial charge < -0.3 is 14.8 Å². The highest BCUT2D eigenvalue weighted by Gasteiger charge is 2.23. The van der Waals surface area contributed by atoms with Gasteiger partial charge in [-0.15, -0.1) is 0 Å². The number of hydrogen-bond acceptors (Lipinski definition) is 3. The first kappa shape index (κ1) is 14.2. The Morgan fingerprint density at radius 3 is 2.90 bits per heavy atom. The van der Waals surface area contributed by atoms with Gasteiger partial charge in [-0.2, -0.15) is 0 Å². The van der Waals surface area contributed by atoms with Crippen molar-refractivity contribution in [3.05, 3.63) is 21.7 Å². The molecule has 4 heteroatoms. The number of halogens is 1. The quantitative estimate of drug-likeness (QED) is 0.916. The van der Waals surface area contributed by atoms with Gasteiger partial charge in [0.05, 0.1) is 0 Å². The number of hydrogen-bond donors (Lipinski definition) is 1. The van der Waals surface area contributed by atoms with Gasteiger partial charge in [-0.1, -0.05) is 22.9 Å². The fourth-order valence-electron chi connectivity index (χ4n) is 3.24. The van der Waals surface area contributed by atoms with E-state index in [-0.39, 0.29) is 0 Å². The third-order valence-electron chi connectivity index (χ3n) is 4.24. The van der Waals surface area contributed by atoms with Crippen LogP contribution in [0.4, 0.5) is 0 Å². The van der Waals surface area contributed by atoms with Crippen molar-refractivity contribution in [2.24, 2.45) is 5.92 Å². The van der Waals surface area contributed by atoms with Gasteiger partial charge in [0.2, 0.25) is 0 Å². The Morgan fingerprint density at radius 1 is 1.30 bits per heavy atom. The number of nitrogens with one attached hydrogen (secondary N) is 1. The van der Waals surface area contributed by atoms with Crippen LogP contribution in [0, 0.1) is 5.92 Å². The van der Waals surface area contributed by atoms with Gasteiger partial charge in [0.1, 0.15) is 13.2 Å². The predicted molar refractivity (Wildman–Crippen MR) is 83.8 cm³/mol. The van der Waals surface area contributed by atoms with Gasteiger partial charge in [0.15, 0.2) is 11.5 Å². The van der Waals surface area contributed by atoms with E-state index < -0.39 is 0 Å². The third kappa shape index (κ3) is 2.82. The van der Waals surface area contributed by atoms with Gasteiger partial charge in [0, 0.05) is 10.0 Å². The molecular formula is C16H22BrNO2. The Balaban J connectivity index is 1.92. The Labute approximate surface area is 129 Å². The summed E-state index contributed by atoms with van der Waals surface area (Å²) in [7, 11) is 0. The van der Waals surface area contributed by atoms with E-state index in [2.05, 4.69) is 34.2 Å². The molecule has 0 spiro atoms. The van der Waals surface area contributed by atoms with E-state index in [4.69, 9.17) is 9.47 Å². The molecule has 1 aromatic carbocycles. The summed E-state index contributed by atoms with van der Waals surface area (Å²) in [5.74, 6) is 2.60. The summed E-state index contributed by atoms with van der Waals surface area (Å²) in [4.78, 5) is 0. The van der Waals surface area contributed by atoms with Crippen molar-refractivity contribution in [3.8, 4) is 11.5 Å². The molecule has 3 nitrogen and oxygen atoms in total. The van der Waals surface area contributed by atoms with Crippen LogP contribution in [-0.4, -0.2) is 26.3 Å². The lowest BCUT2D eigenvalue weighted by Gasteiger charge is -2.27. The fourth-order valence-corrected chi connectivity index (χ4v) is 3.85. The summed E-state index contributed by atoms with van der Waals surface area (Å²) in [6.45, 7) is 5.80. The molecule has 2 aliphatic heterocycles. The SMILES string of the molecule is CCc1c(CC2CCCNC2)c(Br)cc2c1OCCO2. The average molecular weight is 340 g/mol. The first-order chi connectivity index (χ1) is 9.79. The van der Waals surface area contributed by atoms with Crippen LogP contribution in [0.25, 0.3) is 0 Å². The van der Waals surface area contributed by atoms with Crippen LogP contribution in [0.5, 0.6) is 11.5 Å². The average Bonchev–Trinajstić information content (AvgIpc) is 2.49. The van der Waals surface area contributed by atoms with Crippen molar-refractivity contribution in [3.63, 3.8) is 0 Å². The lowest BCUT2D eigenvalue weighted by molar-refractivity contribution is 0.169. The fraction of sp³-hybridized carbons (Fsp3) is 0.625. The maximum atomic E-state index is 5.87. The largest absolute Gasteiger partial charge is 0.486 e. The summed E-state index contributed by atoms with van der Waals surface area (Å²) in [5.41, 5.74) is 2.73. The summed E-state index contributed by atoms with van der Waals surface area (Å²) in [5, 5.41) is 3.50. The monoisotopic (exact) mass is 339 g/mol. The maximum Gasteiger partial charge on any atom is 0.164 e. The van der Waals surface area contributed by atoms with Gasteiger partial charge >= 0.3 is 0 Å². The number of benzene rings is 1. The van der Waals surface area contributed by atoms with Crippen LogP contribution in [-0.2, 0) is 12.8 Å². The molecule has 1 N–H and O–H groups in total. The van der Waals surface area contributed by atoms with E-state index >= 15 is 0 Å². The second-order valence-electron chi connectivity index (χ2n) is 5.61. The molecule has 1 unspecified atom stereocenters. The predicted octanol–water partition coefficient (Wildman–Crippen LogP) is 3.32. The first-order valence-corrected chi connectivity index (χ1v) is 8.39. The number of piperidine rings is 1. The second kappa shape index (κ2) is 6.35. The molecule has 0 saturated carbocycles. The number of fused-ring (bicyclic) bond motifs is 1. The van der Waals surface area contributed by atoms with E-state index in [1.165, 1.54) is 35.0 Å². The van der Waals surface area contributed by atoms with Crippen LogP contribution >= 0.6 is 15.9 Å². The molecule has 2 aliphatic rings. The Kier molecular flexibility index (Phi) is 4.51. The molecule has 110 valence electrons. The van der Waals surface area contributed by atoms with Crippen molar-refractivity contribution >= 4 is 15.9 Å². The Hall–Kier alpha value is -0.740. The van der Waals surface area contributed by atoms with Crippen LogP contribution in [0.2, 0.25) is 0 Å². The summed E-state index contributed by atoms with van der Waals surface area (Å²) < 4.78 is 12.8. The maximum absolute atomic E-state index is 5.87. The van der Waals surface area contributed by atoms with Crippen molar-refractivity contribution in [1.82, 2.24) is 5.32 Å². The van der Waals surface area contributed by atoms with Crippen LogP contribution in [0.1, 0.15) is 30.9 Å². The lowest BCUT2D eigenvalue weighted by atomic mass is 9.89. The smallest absolute Gasteiger partial charge is 0.164 e. The van der Waals surface area contributed by atoms with E-state index in [9.17, 15) is 0 Å². The van der Waals surface area contributed by atoms with Crippen molar-refractivity contribution in [2.75, 3.05) is 26.3 Å². The minimum atomic E-state index is 0.647. The molecular weight excluding hydrogens is 318 g/mol. The van der Waals surface area contributed by atoms with Crippen molar-refractivity contribution in [2.45, 2.75) is 32.6 Å². The van der Waals surface area contributed by atoms with Gasteiger partial charge in [-0.05, 0) is 56.3 Å². The highest BCUT2D eigenvalue weighted by molar-refractivity contribution is 9.10. The highest BCUT2D eigenvalue weighted by Crippen LogP contribution is 2.41. The van der Waals surface area contributed by atoms with Gasteiger partial charge in [0.25, 0.3) is 0 Å². The number of ether oxygens (including phenoxy) is 2. The molecule has 1 atom stereocenters. The number of rotatable bonds is 3. The molecule has 0 amide bonds. The summed E-state index contributed by atoms with van der Waals surface area (Å²) in [6.07, 6.45) is 4.71.